The Morgan fingerprint density at radius 1 is 1.15 bits per heavy atom. The molecule has 1 unspecified atom stereocenters. The maximum absolute atomic E-state index is 11.8. The van der Waals surface area contributed by atoms with E-state index in [1.807, 2.05) is 39.0 Å². The van der Waals surface area contributed by atoms with Crippen LogP contribution in [-0.4, -0.2) is 31.1 Å². The third-order valence-corrected chi connectivity index (χ3v) is 3.69. The van der Waals surface area contributed by atoms with Gasteiger partial charge in [-0.25, -0.2) is 0 Å². The Hall–Kier alpha value is -1.83. The number of nitrogens with one attached hydrogen (secondary N) is 2. The number of fused-ring (bicyclic) bond motifs is 1. The van der Waals surface area contributed by atoms with Crippen molar-refractivity contribution in [1.29, 1.82) is 0 Å². The number of esters is 1. The Kier molecular flexibility index (Phi) is 8.33. The molecule has 5 nitrogen and oxygen atoms in total. The first-order chi connectivity index (χ1) is 11.8. The topological polar surface area (TPSA) is 62.7 Å². The fourth-order valence-electron chi connectivity index (χ4n) is 2.64. The monoisotopic (exact) mass is 469 g/mol. The molecule has 1 atom stereocenters. The van der Waals surface area contributed by atoms with E-state index >= 15 is 0 Å². The second-order valence-electron chi connectivity index (χ2n) is 6.95. The number of carbonyl (C=O) groups is 1. The zero-order chi connectivity index (χ0) is 18.4. The molecule has 26 heavy (non-hydrogen) atoms. The van der Waals surface area contributed by atoms with Crippen LogP contribution in [0.4, 0.5) is 0 Å². The molecule has 142 valence electrons. The lowest BCUT2D eigenvalue weighted by atomic mass is 10.00. The molecule has 0 aliphatic rings. The third-order valence-electron chi connectivity index (χ3n) is 3.69. The molecule has 0 aliphatic carbocycles. The van der Waals surface area contributed by atoms with Crippen molar-refractivity contribution < 1.29 is 9.53 Å². The molecule has 0 spiro atoms. The van der Waals surface area contributed by atoms with E-state index in [1.165, 1.54) is 16.3 Å². The number of rotatable bonds is 4. The second-order valence-corrected chi connectivity index (χ2v) is 6.95. The Morgan fingerprint density at radius 2 is 1.81 bits per heavy atom. The molecule has 0 aliphatic heterocycles. The van der Waals surface area contributed by atoms with Crippen LogP contribution in [0.15, 0.2) is 47.5 Å². The predicted octanol–water partition coefficient (Wildman–Crippen LogP) is 4.03. The molecular formula is C20H28IN3O2. The second kappa shape index (κ2) is 9.75. The Morgan fingerprint density at radius 3 is 2.46 bits per heavy atom. The van der Waals surface area contributed by atoms with Crippen molar-refractivity contribution in [3.05, 3.63) is 48.0 Å². The van der Waals surface area contributed by atoms with Gasteiger partial charge in [-0.1, -0.05) is 42.5 Å². The number of halogens is 1. The largest absolute Gasteiger partial charge is 0.459 e. The number of hydrogen-bond donors (Lipinski definition) is 2. The van der Waals surface area contributed by atoms with Gasteiger partial charge in [-0.05, 0) is 44.0 Å². The fraction of sp³-hybridized carbons (Fsp3) is 0.400. The minimum atomic E-state index is -0.494. The van der Waals surface area contributed by atoms with Crippen LogP contribution in [0, 0.1) is 0 Å². The Balaban J connectivity index is 0.00000338. The maximum atomic E-state index is 11.8. The summed E-state index contributed by atoms with van der Waals surface area (Å²) in [6, 6.07) is 14.6. The lowest BCUT2D eigenvalue weighted by Gasteiger charge is -2.22. The molecule has 0 bridgehead atoms. The molecule has 2 aromatic carbocycles. The van der Waals surface area contributed by atoms with Gasteiger partial charge in [0.15, 0.2) is 5.96 Å². The zero-order valence-electron chi connectivity index (χ0n) is 16.0. The van der Waals surface area contributed by atoms with Crippen LogP contribution >= 0.6 is 24.0 Å². The van der Waals surface area contributed by atoms with E-state index in [9.17, 15) is 4.79 Å². The van der Waals surface area contributed by atoms with Gasteiger partial charge in [0.2, 0.25) is 0 Å². The first kappa shape index (κ1) is 22.2. The molecule has 2 N–H and O–H groups in total. The summed E-state index contributed by atoms with van der Waals surface area (Å²) in [7, 11) is 1.68. The van der Waals surface area contributed by atoms with Crippen molar-refractivity contribution in [3.63, 3.8) is 0 Å². The van der Waals surface area contributed by atoms with Crippen molar-refractivity contribution >= 4 is 46.7 Å². The van der Waals surface area contributed by atoms with Gasteiger partial charge >= 0.3 is 5.97 Å². The standard InChI is InChI=1S/C20H27N3O2.HI/c1-14(16-12-8-10-15-9-6-7-11-17(15)16)23-19(21-5)22-13-18(24)25-20(2,3)4;/h6-12,14H,13H2,1-5H3,(H2,21,22,23);1H. The van der Waals surface area contributed by atoms with Gasteiger partial charge in [-0.15, -0.1) is 24.0 Å². The van der Waals surface area contributed by atoms with E-state index in [2.05, 4.69) is 46.8 Å². The Labute approximate surface area is 172 Å². The van der Waals surface area contributed by atoms with E-state index < -0.39 is 5.60 Å². The van der Waals surface area contributed by atoms with Crippen molar-refractivity contribution in [1.82, 2.24) is 10.6 Å². The summed E-state index contributed by atoms with van der Waals surface area (Å²) in [6.45, 7) is 7.68. The Bertz CT molecular complexity index is 764. The molecular weight excluding hydrogens is 441 g/mol. The van der Waals surface area contributed by atoms with Crippen LogP contribution in [0.25, 0.3) is 10.8 Å². The first-order valence-electron chi connectivity index (χ1n) is 8.47. The smallest absolute Gasteiger partial charge is 0.325 e. The summed E-state index contributed by atoms with van der Waals surface area (Å²) in [5.74, 6) is 0.250. The average Bonchev–Trinajstić information content (AvgIpc) is 2.56. The minimum absolute atomic E-state index is 0. The summed E-state index contributed by atoms with van der Waals surface area (Å²) in [5.41, 5.74) is 0.685. The van der Waals surface area contributed by atoms with E-state index in [0.29, 0.717) is 5.96 Å². The molecule has 6 heteroatoms. The van der Waals surface area contributed by atoms with Gasteiger partial charge in [-0.2, -0.15) is 0 Å². The minimum Gasteiger partial charge on any atom is -0.459 e. The molecule has 0 fully saturated rings. The van der Waals surface area contributed by atoms with Gasteiger partial charge in [0.05, 0.1) is 6.04 Å². The van der Waals surface area contributed by atoms with Gasteiger partial charge in [-0.3, -0.25) is 9.79 Å². The molecule has 0 heterocycles. The molecule has 0 amide bonds. The highest BCUT2D eigenvalue weighted by Crippen LogP contribution is 2.23. The van der Waals surface area contributed by atoms with Crippen LogP contribution in [0.1, 0.15) is 39.3 Å². The number of ether oxygens (including phenoxy) is 1. The number of aliphatic imine (C=N–C) groups is 1. The highest BCUT2D eigenvalue weighted by Gasteiger charge is 2.17. The number of benzene rings is 2. The van der Waals surface area contributed by atoms with Gasteiger partial charge < -0.3 is 15.4 Å². The lowest BCUT2D eigenvalue weighted by molar-refractivity contribution is -0.153. The van der Waals surface area contributed by atoms with Crippen molar-refractivity contribution in [2.45, 2.75) is 39.3 Å². The normalized spacial score (nSPS) is 12.9. The molecule has 2 rings (SSSR count). The zero-order valence-corrected chi connectivity index (χ0v) is 18.3. The molecule has 2 aromatic rings. The van der Waals surface area contributed by atoms with Crippen LogP contribution < -0.4 is 10.6 Å². The van der Waals surface area contributed by atoms with E-state index in [-0.39, 0.29) is 42.5 Å². The first-order valence-corrected chi connectivity index (χ1v) is 8.47. The van der Waals surface area contributed by atoms with Gasteiger partial charge in [0.1, 0.15) is 12.1 Å². The van der Waals surface area contributed by atoms with Crippen LogP contribution in [0.5, 0.6) is 0 Å². The summed E-state index contributed by atoms with van der Waals surface area (Å²) >= 11 is 0. The average molecular weight is 469 g/mol. The SMILES string of the molecule is CN=C(NCC(=O)OC(C)(C)C)NC(C)c1cccc2ccccc12.I. The third kappa shape index (κ3) is 6.48. The molecule has 0 saturated heterocycles. The van der Waals surface area contributed by atoms with E-state index in [1.54, 1.807) is 7.05 Å². The van der Waals surface area contributed by atoms with Crippen LogP contribution in [0.2, 0.25) is 0 Å². The number of nitrogens with zero attached hydrogens (tertiary/aromatic N) is 1. The lowest BCUT2D eigenvalue weighted by Crippen LogP contribution is -2.42. The van der Waals surface area contributed by atoms with Crippen molar-refractivity contribution in [2.24, 2.45) is 4.99 Å². The molecule has 0 radical (unpaired) electrons. The molecule has 0 saturated carbocycles. The van der Waals surface area contributed by atoms with Gasteiger partial charge in [0, 0.05) is 7.05 Å². The fourth-order valence-corrected chi connectivity index (χ4v) is 2.64. The van der Waals surface area contributed by atoms with Crippen molar-refractivity contribution in [2.75, 3.05) is 13.6 Å². The van der Waals surface area contributed by atoms with E-state index in [0.717, 1.165) is 0 Å². The van der Waals surface area contributed by atoms with Crippen LogP contribution in [-0.2, 0) is 9.53 Å². The number of hydrogen-bond acceptors (Lipinski definition) is 3. The predicted molar refractivity (Wildman–Crippen MR) is 118 cm³/mol. The molecule has 0 aromatic heterocycles. The highest BCUT2D eigenvalue weighted by molar-refractivity contribution is 14.0. The number of guanidine groups is 1. The summed E-state index contributed by atoms with van der Waals surface area (Å²) in [5, 5.41) is 8.73. The summed E-state index contributed by atoms with van der Waals surface area (Å²) in [4.78, 5) is 16.0. The highest BCUT2D eigenvalue weighted by atomic mass is 127. The number of carbonyl (C=O) groups excluding carboxylic acids is 1. The van der Waals surface area contributed by atoms with Gasteiger partial charge in [0.25, 0.3) is 0 Å². The van der Waals surface area contributed by atoms with Crippen LogP contribution in [0.3, 0.4) is 0 Å². The van der Waals surface area contributed by atoms with E-state index in [4.69, 9.17) is 4.74 Å². The quantitative estimate of drug-likeness (QED) is 0.307. The maximum Gasteiger partial charge on any atom is 0.325 e. The van der Waals surface area contributed by atoms with Crippen molar-refractivity contribution in [3.8, 4) is 0 Å². The summed E-state index contributed by atoms with van der Waals surface area (Å²) < 4.78 is 5.30. The summed E-state index contributed by atoms with van der Waals surface area (Å²) in [6.07, 6.45) is 0.